The number of rotatable bonds is 4. The number of alkyl halides is 2. The van der Waals surface area contributed by atoms with Crippen molar-refractivity contribution in [2.45, 2.75) is 19.8 Å². The largest absolute Gasteiger partial charge is 0.356 e. The molecule has 1 aromatic carbocycles. The number of halogens is 2. The van der Waals surface area contributed by atoms with Crippen molar-refractivity contribution in [2.75, 3.05) is 6.54 Å². The third-order valence-electron chi connectivity index (χ3n) is 3.74. The van der Waals surface area contributed by atoms with Crippen molar-refractivity contribution in [2.24, 2.45) is 17.8 Å². The Labute approximate surface area is 105 Å². The highest BCUT2D eigenvalue weighted by atomic mass is 19.3. The Hall–Kier alpha value is -1.45. The lowest BCUT2D eigenvalue weighted by molar-refractivity contribution is -0.123. The topological polar surface area (TPSA) is 29.1 Å². The van der Waals surface area contributed by atoms with Gasteiger partial charge in [0.2, 0.25) is 12.3 Å². The first kappa shape index (κ1) is 13.0. The molecule has 1 N–H and O–H groups in total. The summed E-state index contributed by atoms with van der Waals surface area (Å²) in [6, 6.07) is 9.55. The highest BCUT2D eigenvalue weighted by Gasteiger charge is 2.40. The summed E-state index contributed by atoms with van der Waals surface area (Å²) in [4.78, 5) is 11.8. The molecule has 1 aliphatic heterocycles. The maximum atomic E-state index is 12.8. The lowest BCUT2D eigenvalue weighted by Gasteiger charge is -2.22. The summed E-state index contributed by atoms with van der Waals surface area (Å²) in [6.45, 7) is 1.88. The Bertz CT molecular complexity index is 408. The minimum Gasteiger partial charge on any atom is -0.356 e. The molecule has 0 aromatic heterocycles. The third-order valence-corrected chi connectivity index (χ3v) is 3.74. The van der Waals surface area contributed by atoms with Gasteiger partial charge in [-0.3, -0.25) is 4.79 Å². The molecule has 18 heavy (non-hydrogen) atoms. The van der Waals surface area contributed by atoms with Gasteiger partial charge in [0, 0.05) is 18.4 Å². The number of nitrogens with one attached hydrogen (secondary N) is 1. The van der Waals surface area contributed by atoms with Crippen LogP contribution in [-0.2, 0) is 11.2 Å². The molecule has 98 valence electrons. The molecular weight excluding hydrogens is 236 g/mol. The molecule has 1 aromatic rings. The Kier molecular flexibility index (Phi) is 3.94. The SMILES string of the molecule is C[C@@H](C(F)F)C1CNC(=O)[C@H]1Cc1ccccc1. The minimum atomic E-state index is -2.37. The molecule has 2 nitrogen and oxygen atoms in total. The van der Waals surface area contributed by atoms with Crippen LogP contribution in [0.4, 0.5) is 8.78 Å². The first-order valence-electron chi connectivity index (χ1n) is 6.19. The van der Waals surface area contributed by atoms with E-state index in [-0.39, 0.29) is 17.7 Å². The number of benzene rings is 1. The number of hydrogen-bond acceptors (Lipinski definition) is 1. The second-order valence-corrected chi connectivity index (χ2v) is 4.90. The van der Waals surface area contributed by atoms with E-state index in [4.69, 9.17) is 0 Å². The van der Waals surface area contributed by atoms with Gasteiger partial charge in [-0.05, 0) is 17.9 Å². The molecule has 0 spiro atoms. The van der Waals surface area contributed by atoms with Gasteiger partial charge < -0.3 is 5.32 Å². The fourth-order valence-corrected chi connectivity index (χ4v) is 2.54. The molecule has 0 aliphatic carbocycles. The molecule has 0 saturated carbocycles. The molecule has 2 rings (SSSR count). The van der Waals surface area contributed by atoms with Crippen molar-refractivity contribution in [3.8, 4) is 0 Å². The predicted octanol–water partition coefficient (Wildman–Crippen LogP) is 2.49. The maximum absolute atomic E-state index is 12.8. The van der Waals surface area contributed by atoms with Crippen molar-refractivity contribution in [3.05, 3.63) is 35.9 Å². The molecule has 1 aliphatic rings. The van der Waals surface area contributed by atoms with Gasteiger partial charge in [0.1, 0.15) is 0 Å². The fourth-order valence-electron chi connectivity index (χ4n) is 2.54. The molecule has 1 heterocycles. The molecular formula is C14H17F2NO. The first-order chi connectivity index (χ1) is 8.59. The van der Waals surface area contributed by atoms with Crippen molar-refractivity contribution in [3.63, 3.8) is 0 Å². The smallest absolute Gasteiger partial charge is 0.241 e. The summed E-state index contributed by atoms with van der Waals surface area (Å²) in [6.07, 6.45) is -1.84. The van der Waals surface area contributed by atoms with Gasteiger partial charge >= 0.3 is 0 Å². The Balaban J connectivity index is 2.11. The maximum Gasteiger partial charge on any atom is 0.241 e. The van der Waals surface area contributed by atoms with E-state index in [1.807, 2.05) is 30.3 Å². The molecule has 4 heteroatoms. The lowest BCUT2D eigenvalue weighted by atomic mass is 9.81. The summed E-state index contributed by atoms with van der Waals surface area (Å²) in [5, 5.41) is 2.70. The Morgan fingerprint density at radius 2 is 2.00 bits per heavy atom. The molecule has 1 unspecified atom stereocenters. The Morgan fingerprint density at radius 3 is 2.61 bits per heavy atom. The number of amides is 1. The normalized spacial score (nSPS) is 25.2. The van der Waals surface area contributed by atoms with Crippen LogP contribution in [0.5, 0.6) is 0 Å². The molecule has 0 radical (unpaired) electrons. The predicted molar refractivity (Wildman–Crippen MR) is 65.3 cm³/mol. The van der Waals surface area contributed by atoms with Crippen LogP contribution in [0.25, 0.3) is 0 Å². The second kappa shape index (κ2) is 5.46. The van der Waals surface area contributed by atoms with E-state index in [0.29, 0.717) is 13.0 Å². The zero-order valence-electron chi connectivity index (χ0n) is 10.3. The van der Waals surface area contributed by atoms with Gasteiger partial charge in [-0.2, -0.15) is 0 Å². The average molecular weight is 253 g/mol. The van der Waals surface area contributed by atoms with Crippen molar-refractivity contribution >= 4 is 5.91 Å². The van der Waals surface area contributed by atoms with Crippen molar-refractivity contribution in [1.82, 2.24) is 5.32 Å². The van der Waals surface area contributed by atoms with Crippen LogP contribution in [0.1, 0.15) is 12.5 Å². The highest BCUT2D eigenvalue weighted by molar-refractivity contribution is 5.81. The fraction of sp³-hybridized carbons (Fsp3) is 0.500. The van der Waals surface area contributed by atoms with Gasteiger partial charge in [-0.25, -0.2) is 8.78 Å². The van der Waals surface area contributed by atoms with Gasteiger partial charge in [0.25, 0.3) is 0 Å². The average Bonchev–Trinajstić information content (AvgIpc) is 2.71. The van der Waals surface area contributed by atoms with Gasteiger partial charge in [-0.15, -0.1) is 0 Å². The molecule has 1 fully saturated rings. The molecule has 1 saturated heterocycles. The van der Waals surface area contributed by atoms with Crippen LogP contribution < -0.4 is 5.32 Å². The standard InChI is InChI=1S/C14H17F2NO/c1-9(13(15)16)12-8-17-14(18)11(12)7-10-5-3-2-4-6-10/h2-6,9,11-13H,7-8H2,1H3,(H,17,18)/t9-,11+,12?/m1/s1. The summed E-state index contributed by atoms with van der Waals surface area (Å²) >= 11 is 0. The number of carbonyl (C=O) groups is 1. The van der Waals surface area contributed by atoms with E-state index in [9.17, 15) is 13.6 Å². The van der Waals surface area contributed by atoms with Gasteiger partial charge in [0.05, 0.1) is 0 Å². The molecule has 0 bridgehead atoms. The van der Waals surface area contributed by atoms with Crippen LogP contribution >= 0.6 is 0 Å². The van der Waals surface area contributed by atoms with Gasteiger partial charge in [-0.1, -0.05) is 37.3 Å². The van der Waals surface area contributed by atoms with E-state index < -0.39 is 12.3 Å². The third kappa shape index (κ3) is 2.68. The van der Waals surface area contributed by atoms with Crippen LogP contribution in [-0.4, -0.2) is 18.9 Å². The van der Waals surface area contributed by atoms with E-state index in [1.165, 1.54) is 6.92 Å². The zero-order valence-corrected chi connectivity index (χ0v) is 10.3. The van der Waals surface area contributed by atoms with E-state index in [1.54, 1.807) is 0 Å². The van der Waals surface area contributed by atoms with Crippen LogP contribution in [0.2, 0.25) is 0 Å². The number of carbonyl (C=O) groups excluding carboxylic acids is 1. The summed E-state index contributed by atoms with van der Waals surface area (Å²) in [5.41, 5.74) is 1.02. The zero-order chi connectivity index (χ0) is 13.1. The molecule has 1 amide bonds. The van der Waals surface area contributed by atoms with Crippen molar-refractivity contribution in [1.29, 1.82) is 0 Å². The number of hydrogen-bond donors (Lipinski definition) is 1. The van der Waals surface area contributed by atoms with E-state index in [2.05, 4.69) is 5.32 Å². The highest BCUT2D eigenvalue weighted by Crippen LogP contribution is 2.32. The van der Waals surface area contributed by atoms with E-state index >= 15 is 0 Å². The Morgan fingerprint density at radius 1 is 1.33 bits per heavy atom. The van der Waals surface area contributed by atoms with Crippen molar-refractivity contribution < 1.29 is 13.6 Å². The lowest BCUT2D eigenvalue weighted by Crippen LogP contribution is -2.28. The first-order valence-corrected chi connectivity index (χ1v) is 6.19. The second-order valence-electron chi connectivity index (χ2n) is 4.90. The quantitative estimate of drug-likeness (QED) is 0.877. The summed E-state index contributed by atoms with van der Waals surface area (Å²) in [7, 11) is 0. The van der Waals surface area contributed by atoms with E-state index in [0.717, 1.165) is 5.56 Å². The molecule has 3 atom stereocenters. The van der Waals surface area contributed by atoms with Crippen LogP contribution in [0, 0.1) is 17.8 Å². The van der Waals surface area contributed by atoms with Crippen LogP contribution in [0.15, 0.2) is 30.3 Å². The summed E-state index contributed by atoms with van der Waals surface area (Å²) < 4.78 is 25.6. The summed E-state index contributed by atoms with van der Waals surface area (Å²) in [5.74, 6) is -1.47. The minimum absolute atomic E-state index is 0.101. The van der Waals surface area contributed by atoms with Crippen LogP contribution in [0.3, 0.4) is 0 Å². The van der Waals surface area contributed by atoms with Gasteiger partial charge in [0.15, 0.2) is 0 Å². The monoisotopic (exact) mass is 253 g/mol.